The molecule has 1 rings (SSSR count). The molecule has 0 heterocycles. The molecule has 0 amide bonds. The van der Waals surface area contributed by atoms with Crippen molar-refractivity contribution in [3.63, 3.8) is 0 Å². The van der Waals surface area contributed by atoms with E-state index in [1.807, 2.05) is 12.1 Å². The smallest absolute Gasteiger partial charge is 0.0318 e. The Bertz CT molecular complexity index is 230. The second-order valence-electron chi connectivity index (χ2n) is 2.15. The number of thioether (sulfide) groups is 1. The first-order chi connectivity index (χ1) is 5.38. The third-order valence-electron chi connectivity index (χ3n) is 1.46. The van der Waals surface area contributed by atoms with Crippen LogP contribution in [0.1, 0.15) is 5.56 Å². The van der Waals surface area contributed by atoms with Crippen LogP contribution in [0.4, 0.5) is 0 Å². The van der Waals surface area contributed by atoms with Crippen LogP contribution in [0.3, 0.4) is 0 Å². The highest BCUT2D eigenvalue weighted by Crippen LogP contribution is 2.19. The van der Waals surface area contributed by atoms with E-state index in [1.54, 1.807) is 11.8 Å². The lowest BCUT2D eigenvalue weighted by atomic mass is 10.2. The summed E-state index contributed by atoms with van der Waals surface area (Å²) in [6, 6.07) is 8.31. The Morgan fingerprint density at radius 1 is 1.42 bits per heavy atom. The molecule has 0 bridgehead atoms. The molecule has 4 heteroatoms. The predicted molar refractivity (Wildman–Crippen MR) is 61.3 cm³/mol. The molecule has 0 aliphatic heterocycles. The molecule has 68 valence electrons. The minimum Gasteiger partial charge on any atom is -0.262 e. The quantitative estimate of drug-likeness (QED) is 0.602. The average molecular weight is 222 g/mol. The maximum Gasteiger partial charge on any atom is 0.0318 e. The van der Waals surface area contributed by atoms with Gasteiger partial charge in [-0.2, -0.15) is 0 Å². The average Bonchev–Trinajstić information content (AvgIpc) is 2.06. The fourth-order valence-corrected chi connectivity index (χ4v) is 1.72. The van der Waals surface area contributed by atoms with E-state index in [0.29, 0.717) is 0 Å². The first-order valence-corrected chi connectivity index (χ1v) is 5.04. The maximum atomic E-state index is 3.96. The van der Waals surface area contributed by atoms with Gasteiger partial charge in [0.15, 0.2) is 0 Å². The van der Waals surface area contributed by atoms with Crippen molar-refractivity contribution in [1.29, 1.82) is 0 Å². The fraction of sp³-hybridized carbons (Fsp3) is 0.250. The highest BCUT2D eigenvalue weighted by Gasteiger charge is 1.96. The van der Waals surface area contributed by atoms with Gasteiger partial charge in [0.25, 0.3) is 0 Å². The van der Waals surface area contributed by atoms with Gasteiger partial charge in [0, 0.05) is 11.4 Å². The third kappa shape index (κ3) is 3.27. The lowest BCUT2D eigenvalue weighted by Crippen LogP contribution is -1.99. The fourth-order valence-electron chi connectivity index (χ4n) is 0.934. The van der Waals surface area contributed by atoms with Gasteiger partial charge < -0.3 is 0 Å². The van der Waals surface area contributed by atoms with Gasteiger partial charge in [-0.25, -0.2) is 0 Å². The van der Waals surface area contributed by atoms with Crippen LogP contribution in [-0.2, 0) is 6.54 Å². The molecule has 0 aliphatic rings. The van der Waals surface area contributed by atoms with E-state index in [2.05, 4.69) is 35.9 Å². The normalized spacial score (nSPS) is 9.17. The molecule has 1 aromatic carbocycles. The Labute approximate surface area is 89.3 Å². The van der Waals surface area contributed by atoms with Gasteiger partial charge >= 0.3 is 0 Å². The number of benzene rings is 1. The zero-order valence-corrected chi connectivity index (χ0v) is 9.31. The summed E-state index contributed by atoms with van der Waals surface area (Å²) in [6.45, 7) is 0.820. The van der Waals surface area contributed by atoms with Crippen molar-refractivity contribution in [2.45, 2.75) is 11.4 Å². The van der Waals surface area contributed by atoms with Gasteiger partial charge in [-0.15, -0.1) is 24.2 Å². The molecular weight excluding hydrogens is 210 g/mol. The van der Waals surface area contributed by atoms with Crippen LogP contribution in [0.2, 0.25) is 0 Å². The zero-order chi connectivity index (χ0) is 8.10. The third-order valence-corrected chi connectivity index (χ3v) is 2.46. The molecule has 0 aromatic heterocycles. The van der Waals surface area contributed by atoms with Crippen molar-refractivity contribution < 1.29 is 0 Å². The molecule has 0 saturated carbocycles. The number of nitrogens with one attached hydrogen (secondary N) is 1. The van der Waals surface area contributed by atoms with Crippen molar-refractivity contribution in [2.24, 2.45) is 0 Å². The van der Waals surface area contributed by atoms with Crippen LogP contribution >= 0.6 is 37.0 Å². The minimum absolute atomic E-state index is 0. The van der Waals surface area contributed by atoms with E-state index in [-0.39, 0.29) is 12.4 Å². The van der Waals surface area contributed by atoms with Crippen molar-refractivity contribution in [1.82, 2.24) is 4.72 Å². The van der Waals surface area contributed by atoms with Crippen LogP contribution in [0.5, 0.6) is 0 Å². The van der Waals surface area contributed by atoms with Crippen LogP contribution in [0.15, 0.2) is 29.2 Å². The van der Waals surface area contributed by atoms with Gasteiger partial charge in [0.2, 0.25) is 0 Å². The van der Waals surface area contributed by atoms with Gasteiger partial charge in [-0.3, -0.25) is 4.72 Å². The summed E-state index contributed by atoms with van der Waals surface area (Å²) in [6.07, 6.45) is 2.08. The Morgan fingerprint density at radius 3 is 2.67 bits per heavy atom. The number of hydrogen-bond acceptors (Lipinski definition) is 3. The topological polar surface area (TPSA) is 12.0 Å². The Kier molecular flexibility index (Phi) is 6.76. The summed E-state index contributed by atoms with van der Waals surface area (Å²) in [5, 5.41) is 0. The predicted octanol–water partition coefficient (Wildman–Crippen LogP) is 2.76. The summed E-state index contributed by atoms with van der Waals surface area (Å²) in [4.78, 5) is 1.31. The van der Waals surface area contributed by atoms with Gasteiger partial charge in [0.1, 0.15) is 0 Å². The SMILES string of the molecule is CSc1ccccc1CNS.Cl. The Morgan fingerprint density at radius 2 is 2.08 bits per heavy atom. The van der Waals surface area contributed by atoms with E-state index >= 15 is 0 Å². The second-order valence-corrected chi connectivity index (χ2v) is 3.31. The summed E-state index contributed by atoms with van der Waals surface area (Å²) >= 11 is 5.72. The van der Waals surface area contributed by atoms with E-state index in [4.69, 9.17) is 0 Å². The van der Waals surface area contributed by atoms with Crippen molar-refractivity contribution in [3.8, 4) is 0 Å². The molecule has 0 spiro atoms. The molecule has 0 aliphatic carbocycles. The highest BCUT2D eigenvalue weighted by molar-refractivity contribution is 7.98. The van der Waals surface area contributed by atoms with E-state index in [9.17, 15) is 0 Å². The van der Waals surface area contributed by atoms with Crippen LogP contribution in [0, 0.1) is 0 Å². The van der Waals surface area contributed by atoms with E-state index in [1.165, 1.54) is 10.5 Å². The standard InChI is InChI=1S/C8H11NS2.ClH/c1-11-8-5-3-2-4-7(8)6-9-10;/h2-5,9-10H,6H2,1H3;1H. The molecule has 0 radical (unpaired) electrons. The van der Waals surface area contributed by atoms with Crippen LogP contribution < -0.4 is 4.72 Å². The molecule has 0 fully saturated rings. The summed E-state index contributed by atoms with van der Waals surface area (Å²) in [7, 11) is 0. The van der Waals surface area contributed by atoms with E-state index < -0.39 is 0 Å². The monoisotopic (exact) mass is 221 g/mol. The molecular formula is C8H12ClNS2. The van der Waals surface area contributed by atoms with Crippen molar-refractivity contribution in [2.75, 3.05) is 6.26 Å². The minimum atomic E-state index is 0. The highest BCUT2D eigenvalue weighted by atomic mass is 35.5. The van der Waals surface area contributed by atoms with Crippen molar-refractivity contribution in [3.05, 3.63) is 29.8 Å². The summed E-state index contributed by atoms with van der Waals surface area (Å²) in [5.74, 6) is 0. The van der Waals surface area contributed by atoms with Gasteiger partial charge in [0.05, 0.1) is 0 Å². The number of halogens is 1. The van der Waals surface area contributed by atoms with Crippen LogP contribution in [0.25, 0.3) is 0 Å². The molecule has 1 nitrogen and oxygen atoms in total. The first kappa shape index (κ1) is 12.2. The lowest BCUT2D eigenvalue weighted by molar-refractivity contribution is 0.955. The van der Waals surface area contributed by atoms with Gasteiger partial charge in [-0.1, -0.05) is 31.0 Å². The maximum absolute atomic E-state index is 3.96. The van der Waals surface area contributed by atoms with Gasteiger partial charge in [-0.05, 0) is 17.9 Å². The molecule has 0 saturated heterocycles. The first-order valence-electron chi connectivity index (χ1n) is 3.37. The lowest BCUT2D eigenvalue weighted by Gasteiger charge is -2.04. The molecule has 1 N–H and O–H groups in total. The van der Waals surface area contributed by atoms with Crippen LogP contribution in [-0.4, -0.2) is 6.26 Å². The number of rotatable bonds is 3. The number of thiol groups is 1. The summed E-state index contributed by atoms with van der Waals surface area (Å²) in [5.41, 5.74) is 1.30. The second kappa shape index (κ2) is 6.66. The molecule has 1 aromatic rings. The Balaban J connectivity index is 0.00000121. The summed E-state index contributed by atoms with van der Waals surface area (Å²) < 4.78 is 2.84. The molecule has 12 heavy (non-hydrogen) atoms. The molecule has 0 atom stereocenters. The molecule has 0 unspecified atom stereocenters. The van der Waals surface area contributed by atoms with Crippen molar-refractivity contribution >= 4 is 37.0 Å². The largest absolute Gasteiger partial charge is 0.262 e. The zero-order valence-electron chi connectivity index (χ0n) is 6.78. The number of hydrogen-bond donors (Lipinski definition) is 2. The Hall–Kier alpha value is 0.170. The van der Waals surface area contributed by atoms with E-state index in [0.717, 1.165) is 6.54 Å².